The Balaban J connectivity index is 2.17. The van der Waals surface area contributed by atoms with Gasteiger partial charge in [-0.25, -0.2) is 17.5 Å². The van der Waals surface area contributed by atoms with E-state index in [1.54, 1.807) is 0 Å². The largest absolute Gasteiger partial charge is 0.242 e. The van der Waals surface area contributed by atoms with Crippen molar-refractivity contribution in [2.24, 2.45) is 5.92 Å². The summed E-state index contributed by atoms with van der Waals surface area (Å²) in [4.78, 5) is -0.218. The van der Waals surface area contributed by atoms with Crippen molar-refractivity contribution in [2.75, 3.05) is 6.54 Å². The number of benzene rings is 1. The molecule has 3 nitrogen and oxygen atoms in total. The van der Waals surface area contributed by atoms with Crippen LogP contribution >= 0.6 is 39.1 Å². The van der Waals surface area contributed by atoms with Gasteiger partial charge in [-0.2, -0.15) is 0 Å². The summed E-state index contributed by atoms with van der Waals surface area (Å²) < 4.78 is 40.0. The molecule has 1 aliphatic carbocycles. The molecule has 1 aromatic carbocycles. The standard InChI is InChI=1S/C11H11BrCl2FNO2S/c12-7(6-1-2-6)5-16-19(17,18)9-4-3-8(13)11(15)10(9)14/h3-4,6-7,16H,1-2,5H2. The van der Waals surface area contributed by atoms with Gasteiger partial charge in [-0.3, -0.25) is 0 Å². The molecule has 1 aliphatic rings. The van der Waals surface area contributed by atoms with E-state index in [0.717, 1.165) is 12.8 Å². The van der Waals surface area contributed by atoms with Crippen LogP contribution in [-0.4, -0.2) is 19.8 Å². The SMILES string of the molecule is O=S(=O)(NCC(Br)C1CC1)c1ccc(Cl)c(F)c1Cl. The van der Waals surface area contributed by atoms with Crippen molar-refractivity contribution in [3.63, 3.8) is 0 Å². The van der Waals surface area contributed by atoms with E-state index >= 15 is 0 Å². The van der Waals surface area contributed by atoms with E-state index in [1.165, 1.54) is 12.1 Å². The first-order valence-corrected chi connectivity index (χ1v) is 8.75. The number of halogens is 4. The van der Waals surface area contributed by atoms with Crippen LogP contribution in [0, 0.1) is 11.7 Å². The Morgan fingerprint density at radius 2 is 2.05 bits per heavy atom. The van der Waals surface area contributed by atoms with Gasteiger partial charge in [0.2, 0.25) is 10.0 Å². The molecule has 1 atom stereocenters. The Hall–Kier alpha value is 0.120. The maximum atomic E-state index is 13.5. The molecule has 0 radical (unpaired) electrons. The molecule has 19 heavy (non-hydrogen) atoms. The lowest BCUT2D eigenvalue weighted by Crippen LogP contribution is -2.30. The van der Waals surface area contributed by atoms with Crippen LogP contribution in [0.1, 0.15) is 12.8 Å². The van der Waals surface area contributed by atoms with Crippen LogP contribution in [0.3, 0.4) is 0 Å². The number of hydrogen-bond donors (Lipinski definition) is 1. The van der Waals surface area contributed by atoms with Gasteiger partial charge in [-0.05, 0) is 30.9 Å². The zero-order valence-corrected chi connectivity index (χ0v) is 13.6. The van der Waals surface area contributed by atoms with Crippen LogP contribution in [0.4, 0.5) is 4.39 Å². The zero-order valence-electron chi connectivity index (χ0n) is 9.67. The van der Waals surface area contributed by atoms with Crippen molar-refractivity contribution in [3.05, 3.63) is 28.0 Å². The normalized spacial score (nSPS) is 17.5. The van der Waals surface area contributed by atoms with Gasteiger partial charge < -0.3 is 0 Å². The lowest BCUT2D eigenvalue weighted by Gasteiger charge is -2.12. The molecule has 0 heterocycles. The molecule has 0 saturated heterocycles. The first kappa shape index (κ1) is 15.5. The van der Waals surface area contributed by atoms with Gasteiger partial charge in [0, 0.05) is 11.4 Å². The van der Waals surface area contributed by atoms with E-state index in [2.05, 4.69) is 20.7 Å². The van der Waals surface area contributed by atoms with E-state index in [-0.39, 0.29) is 21.3 Å². The first-order chi connectivity index (χ1) is 8.83. The molecule has 1 fully saturated rings. The Kier molecular flexibility index (Phi) is 4.78. The predicted molar refractivity (Wildman–Crippen MR) is 77.0 cm³/mol. The summed E-state index contributed by atoms with van der Waals surface area (Å²) in [6.45, 7) is 0.244. The van der Waals surface area contributed by atoms with Gasteiger partial charge >= 0.3 is 0 Å². The van der Waals surface area contributed by atoms with Crippen molar-refractivity contribution in [1.82, 2.24) is 4.72 Å². The molecule has 0 aliphatic heterocycles. The topological polar surface area (TPSA) is 46.2 Å². The number of hydrogen-bond acceptors (Lipinski definition) is 2. The van der Waals surface area contributed by atoms with Crippen LogP contribution in [0.15, 0.2) is 17.0 Å². The van der Waals surface area contributed by atoms with Crippen molar-refractivity contribution < 1.29 is 12.8 Å². The van der Waals surface area contributed by atoms with Crippen LogP contribution in [0.25, 0.3) is 0 Å². The maximum Gasteiger partial charge on any atom is 0.242 e. The molecule has 0 bridgehead atoms. The summed E-state index contributed by atoms with van der Waals surface area (Å²) in [5.41, 5.74) is 0. The highest BCUT2D eigenvalue weighted by Crippen LogP contribution is 2.36. The first-order valence-electron chi connectivity index (χ1n) is 5.60. The molecule has 1 N–H and O–H groups in total. The van der Waals surface area contributed by atoms with E-state index in [4.69, 9.17) is 23.2 Å². The van der Waals surface area contributed by atoms with E-state index in [1.807, 2.05) is 0 Å². The van der Waals surface area contributed by atoms with Crippen LogP contribution in [0.2, 0.25) is 10.0 Å². The second-order valence-corrected chi connectivity index (χ2v) is 8.08. The second kappa shape index (κ2) is 5.85. The lowest BCUT2D eigenvalue weighted by atomic mass is 10.3. The minimum atomic E-state index is -3.84. The molecule has 1 unspecified atom stereocenters. The van der Waals surface area contributed by atoms with Crippen LogP contribution < -0.4 is 4.72 Å². The number of sulfonamides is 1. The van der Waals surface area contributed by atoms with Crippen molar-refractivity contribution >= 4 is 49.2 Å². The lowest BCUT2D eigenvalue weighted by molar-refractivity contribution is 0.574. The highest BCUT2D eigenvalue weighted by atomic mass is 79.9. The molecule has 106 valence electrons. The molecule has 0 spiro atoms. The fraction of sp³-hybridized carbons (Fsp3) is 0.455. The number of rotatable bonds is 5. The smallest absolute Gasteiger partial charge is 0.210 e. The monoisotopic (exact) mass is 389 g/mol. The maximum absolute atomic E-state index is 13.5. The van der Waals surface area contributed by atoms with Crippen molar-refractivity contribution in [1.29, 1.82) is 0 Å². The minimum absolute atomic E-state index is 0.0817. The van der Waals surface area contributed by atoms with Crippen molar-refractivity contribution in [2.45, 2.75) is 22.6 Å². The summed E-state index contributed by atoms with van der Waals surface area (Å²) in [5, 5.41) is -0.696. The third-order valence-corrected chi connectivity index (χ3v) is 6.20. The van der Waals surface area contributed by atoms with E-state index in [9.17, 15) is 12.8 Å². The summed E-state index contributed by atoms with van der Waals surface area (Å²) in [6, 6.07) is 2.36. The Morgan fingerprint density at radius 1 is 1.42 bits per heavy atom. The summed E-state index contributed by atoms with van der Waals surface area (Å²) in [7, 11) is -3.84. The molecule has 1 aromatic rings. The molecule has 0 amide bonds. The van der Waals surface area contributed by atoms with Crippen LogP contribution in [-0.2, 0) is 10.0 Å². The molecule has 2 rings (SSSR count). The third kappa shape index (κ3) is 3.61. The summed E-state index contributed by atoms with van der Waals surface area (Å²) in [5.74, 6) is -0.427. The summed E-state index contributed by atoms with van der Waals surface area (Å²) in [6.07, 6.45) is 2.18. The number of nitrogens with one attached hydrogen (secondary N) is 1. The van der Waals surface area contributed by atoms with Gasteiger partial charge in [0.15, 0.2) is 5.82 Å². The molecule has 0 aromatic heterocycles. The average molecular weight is 391 g/mol. The Labute approximate surface area is 129 Å². The van der Waals surface area contributed by atoms with Crippen LogP contribution in [0.5, 0.6) is 0 Å². The predicted octanol–water partition coefficient (Wildman–Crippen LogP) is 3.58. The molecular formula is C11H11BrCl2FNO2S. The van der Waals surface area contributed by atoms with Gasteiger partial charge in [-0.1, -0.05) is 39.1 Å². The summed E-state index contributed by atoms with van der Waals surface area (Å²) >= 11 is 14.6. The zero-order chi connectivity index (χ0) is 14.2. The fourth-order valence-corrected chi connectivity index (χ4v) is 4.31. The van der Waals surface area contributed by atoms with E-state index in [0.29, 0.717) is 5.92 Å². The van der Waals surface area contributed by atoms with Crippen molar-refractivity contribution in [3.8, 4) is 0 Å². The second-order valence-electron chi connectivity index (χ2n) is 4.38. The quantitative estimate of drug-likeness (QED) is 0.616. The van der Waals surface area contributed by atoms with Gasteiger partial charge in [0.25, 0.3) is 0 Å². The average Bonchev–Trinajstić information content (AvgIpc) is 3.17. The molecule has 1 saturated carbocycles. The van der Waals surface area contributed by atoms with E-state index < -0.39 is 20.9 Å². The van der Waals surface area contributed by atoms with Gasteiger partial charge in [0.05, 0.1) is 10.0 Å². The minimum Gasteiger partial charge on any atom is -0.210 e. The van der Waals surface area contributed by atoms with Gasteiger partial charge in [-0.15, -0.1) is 0 Å². The third-order valence-electron chi connectivity index (χ3n) is 2.89. The molecular weight excluding hydrogens is 380 g/mol. The fourth-order valence-electron chi connectivity index (χ4n) is 1.61. The Bertz CT molecular complexity index is 593. The number of alkyl halides is 1. The highest BCUT2D eigenvalue weighted by molar-refractivity contribution is 9.09. The highest BCUT2D eigenvalue weighted by Gasteiger charge is 2.30. The van der Waals surface area contributed by atoms with Gasteiger partial charge in [0.1, 0.15) is 4.90 Å². The Morgan fingerprint density at radius 3 is 2.63 bits per heavy atom. The molecule has 8 heteroatoms.